The Balaban J connectivity index is 2.75. The summed E-state index contributed by atoms with van der Waals surface area (Å²) in [6.45, 7) is 0. The lowest BCUT2D eigenvalue weighted by atomic mass is 10.2. The van der Waals surface area contributed by atoms with E-state index in [9.17, 15) is 26.4 Å². The number of anilines is 1. The van der Waals surface area contributed by atoms with E-state index < -0.39 is 27.9 Å². The first-order valence-electron chi connectivity index (χ1n) is 5.55. The van der Waals surface area contributed by atoms with E-state index in [0.29, 0.717) is 0 Å². The Kier molecular flexibility index (Phi) is 5.36. The van der Waals surface area contributed by atoms with Crippen LogP contribution in [0.25, 0.3) is 6.08 Å². The molecule has 21 heavy (non-hydrogen) atoms. The monoisotopic (exact) mass is 323 g/mol. The Morgan fingerprint density at radius 1 is 1.29 bits per heavy atom. The smallest absolute Gasteiger partial charge is 0.409 e. The summed E-state index contributed by atoms with van der Waals surface area (Å²) < 4.78 is 65.3. The minimum atomic E-state index is -4.42. The fourth-order valence-corrected chi connectivity index (χ4v) is 2.28. The summed E-state index contributed by atoms with van der Waals surface area (Å²) in [6, 6.07) is 5.17. The molecule has 0 heterocycles. The zero-order valence-electron chi connectivity index (χ0n) is 10.8. The summed E-state index contributed by atoms with van der Waals surface area (Å²) in [5.41, 5.74) is 0.381. The molecule has 1 rings (SSSR count). The van der Waals surface area contributed by atoms with Gasteiger partial charge >= 0.3 is 12.1 Å². The Hall–Kier alpha value is -2.03. The maximum Gasteiger partial charge on any atom is 0.409 e. The lowest BCUT2D eigenvalue weighted by Crippen LogP contribution is -2.23. The van der Waals surface area contributed by atoms with Gasteiger partial charge in [0.15, 0.2) is 5.75 Å². The third-order valence-corrected chi connectivity index (χ3v) is 3.35. The number of allylic oxidation sites excluding steroid dienone is 1. The van der Waals surface area contributed by atoms with Crippen LogP contribution >= 0.6 is 0 Å². The van der Waals surface area contributed by atoms with E-state index >= 15 is 0 Å². The molecule has 0 bridgehead atoms. The Labute approximate surface area is 119 Å². The van der Waals surface area contributed by atoms with Gasteiger partial charge in [-0.1, -0.05) is 18.2 Å². The minimum absolute atomic E-state index is 0.0728. The first-order valence-corrected chi connectivity index (χ1v) is 7.20. The van der Waals surface area contributed by atoms with Crippen LogP contribution in [0.1, 0.15) is 5.56 Å². The van der Waals surface area contributed by atoms with Crippen molar-refractivity contribution in [2.45, 2.75) is 6.18 Å². The predicted molar refractivity (Wildman–Crippen MR) is 71.0 cm³/mol. The van der Waals surface area contributed by atoms with Crippen molar-refractivity contribution in [3.05, 3.63) is 35.9 Å². The number of esters is 1. The number of hydrogen-bond donors (Lipinski definition) is 1. The normalized spacial score (nSPS) is 12.4. The van der Waals surface area contributed by atoms with E-state index in [0.717, 1.165) is 13.2 Å². The van der Waals surface area contributed by atoms with Gasteiger partial charge < -0.3 is 4.74 Å². The molecule has 0 atom stereocenters. The van der Waals surface area contributed by atoms with E-state index in [-0.39, 0.29) is 17.3 Å². The number of nitrogens with one attached hydrogen (secondary N) is 1. The van der Waals surface area contributed by atoms with Crippen molar-refractivity contribution in [2.75, 3.05) is 17.6 Å². The number of carbonyl (C=O) groups is 1. The quantitative estimate of drug-likeness (QED) is 0.843. The molecular formula is C12H12F3NO4S. The molecule has 0 aliphatic rings. The third kappa shape index (κ3) is 6.80. The van der Waals surface area contributed by atoms with Crippen molar-refractivity contribution in [1.82, 2.24) is 0 Å². The molecule has 116 valence electrons. The van der Waals surface area contributed by atoms with Crippen molar-refractivity contribution >= 4 is 27.8 Å². The van der Waals surface area contributed by atoms with Crippen LogP contribution in [0.2, 0.25) is 0 Å². The summed E-state index contributed by atoms with van der Waals surface area (Å²) in [5.74, 6) is -1.77. The van der Waals surface area contributed by atoms with E-state index in [4.69, 9.17) is 0 Å². The van der Waals surface area contributed by atoms with Crippen molar-refractivity contribution in [3.63, 3.8) is 0 Å². The molecule has 0 aliphatic heterocycles. The van der Waals surface area contributed by atoms with Crippen molar-refractivity contribution in [2.24, 2.45) is 0 Å². The second kappa shape index (κ2) is 6.61. The van der Waals surface area contributed by atoms with Crippen molar-refractivity contribution < 1.29 is 31.1 Å². The number of ether oxygens (including phenoxy) is 1. The number of benzene rings is 1. The van der Waals surface area contributed by atoms with Crippen LogP contribution in [0.5, 0.6) is 0 Å². The third-order valence-electron chi connectivity index (χ3n) is 2.18. The highest BCUT2D eigenvalue weighted by molar-refractivity contribution is 7.93. The summed E-state index contributed by atoms with van der Waals surface area (Å²) in [5, 5.41) is 0. The molecule has 1 N–H and O–H groups in total. The number of carbonyl (C=O) groups excluding carboxylic acids is 1. The lowest BCUT2D eigenvalue weighted by molar-refractivity contribution is -0.137. The maximum absolute atomic E-state index is 12.0. The van der Waals surface area contributed by atoms with Crippen LogP contribution in [0.3, 0.4) is 0 Å². The van der Waals surface area contributed by atoms with Gasteiger partial charge in [-0.25, -0.2) is 8.42 Å². The van der Waals surface area contributed by atoms with Crippen LogP contribution < -0.4 is 4.72 Å². The molecule has 5 nitrogen and oxygen atoms in total. The molecule has 9 heteroatoms. The zero-order valence-corrected chi connectivity index (χ0v) is 11.7. The van der Waals surface area contributed by atoms with Gasteiger partial charge in [-0.2, -0.15) is 13.2 Å². The topological polar surface area (TPSA) is 72.5 Å². The molecule has 0 fully saturated rings. The van der Waals surface area contributed by atoms with Crippen LogP contribution in [-0.4, -0.2) is 33.4 Å². The zero-order chi connectivity index (χ0) is 16.1. The molecule has 0 amide bonds. The summed E-state index contributed by atoms with van der Waals surface area (Å²) in [7, 11) is -2.86. The summed E-state index contributed by atoms with van der Waals surface area (Å²) in [4.78, 5) is 10.9. The molecule has 0 spiro atoms. The van der Waals surface area contributed by atoms with E-state index in [1.165, 1.54) is 24.3 Å². The van der Waals surface area contributed by atoms with Gasteiger partial charge in [0.05, 0.1) is 7.11 Å². The number of alkyl halides is 3. The van der Waals surface area contributed by atoms with Gasteiger partial charge in [0.25, 0.3) is 0 Å². The van der Waals surface area contributed by atoms with Crippen molar-refractivity contribution in [1.29, 1.82) is 0 Å². The Morgan fingerprint density at radius 2 is 1.86 bits per heavy atom. The second-order valence-electron chi connectivity index (χ2n) is 3.93. The highest BCUT2D eigenvalue weighted by atomic mass is 32.2. The van der Waals surface area contributed by atoms with E-state index in [1.807, 2.05) is 0 Å². The molecular weight excluding hydrogens is 311 g/mol. The first kappa shape index (κ1) is 17.0. The fourth-order valence-electron chi connectivity index (χ4n) is 1.28. The van der Waals surface area contributed by atoms with Gasteiger partial charge in [-0.3, -0.25) is 9.52 Å². The average Bonchev–Trinajstić information content (AvgIpc) is 2.36. The van der Waals surface area contributed by atoms with Gasteiger partial charge in [-0.15, -0.1) is 0 Å². The van der Waals surface area contributed by atoms with Crippen LogP contribution in [0.4, 0.5) is 18.9 Å². The van der Waals surface area contributed by atoms with Gasteiger partial charge in [0, 0.05) is 11.8 Å². The number of hydrogen-bond acceptors (Lipinski definition) is 4. The molecule has 0 saturated heterocycles. The maximum atomic E-state index is 12.0. The minimum Gasteiger partial charge on any atom is -0.468 e. The summed E-state index contributed by atoms with van der Waals surface area (Å²) in [6.07, 6.45) is -3.49. The van der Waals surface area contributed by atoms with E-state index in [1.54, 1.807) is 0 Å². The highest BCUT2D eigenvalue weighted by Crippen LogP contribution is 2.19. The largest absolute Gasteiger partial charge is 0.468 e. The van der Waals surface area contributed by atoms with Gasteiger partial charge in [-0.05, 0) is 17.7 Å². The summed E-state index contributed by atoms with van der Waals surface area (Å²) >= 11 is 0. The second-order valence-corrected chi connectivity index (χ2v) is 5.66. The highest BCUT2D eigenvalue weighted by Gasteiger charge is 2.21. The molecule has 1 aromatic rings. The average molecular weight is 323 g/mol. The molecule has 0 unspecified atom stereocenters. The molecule has 0 aliphatic carbocycles. The fraction of sp³-hybridized carbons (Fsp3) is 0.250. The van der Waals surface area contributed by atoms with Crippen LogP contribution in [-0.2, 0) is 19.6 Å². The number of rotatable bonds is 5. The number of sulfonamides is 1. The van der Waals surface area contributed by atoms with Gasteiger partial charge in [0.2, 0.25) is 10.0 Å². The molecule has 0 radical (unpaired) electrons. The predicted octanol–water partition coefficient (Wildman–Crippen LogP) is 2.18. The molecule has 1 aromatic carbocycles. The van der Waals surface area contributed by atoms with Crippen LogP contribution in [0.15, 0.2) is 30.3 Å². The first-order chi connectivity index (χ1) is 9.61. The van der Waals surface area contributed by atoms with Gasteiger partial charge in [0.1, 0.15) is 0 Å². The lowest BCUT2D eigenvalue weighted by Gasteiger charge is -2.07. The molecule has 0 saturated carbocycles. The SMILES string of the molecule is COC(=O)CS(=O)(=O)Nc1ccc(/C=C/C(F)(F)F)cc1. The van der Waals surface area contributed by atoms with E-state index in [2.05, 4.69) is 9.46 Å². The standard InChI is InChI=1S/C12H12F3NO4S/c1-20-11(17)8-21(18,19)16-10-4-2-9(3-5-10)6-7-12(13,14)15/h2-7,16H,8H2,1H3/b7-6+. The number of halogens is 3. The Morgan fingerprint density at radius 3 is 2.33 bits per heavy atom. The number of methoxy groups -OCH3 is 1. The molecule has 0 aromatic heterocycles. The van der Waals surface area contributed by atoms with Crippen LogP contribution in [0, 0.1) is 0 Å². The van der Waals surface area contributed by atoms with Crippen molar-refractivity contribution in [3.8, 4) is 0 Å². The Bertz CT molecular complexity index is 621.